The number of alkyl halides is 3. The van der Waals surface area contributed by atoms with E-state index in [2.05, 4.69) is 22.1 Å². The number of carbonyl (C=O) groups is 2. The average molecular weight is 461 g/mol. The number of rotatable bonds is 5. The summed E-state index contributed by atoms with van der Waals surface area (Å²) in [5, 5.41) is 10.1. The summed E-state index contributed by atoms with van der Waals surface area (Å²) in [6.07, 6.45) is -3.29. The van der Waals surface area contributed by atoms with Crippen molar-refractivity contribution in [2.75, 3.05) is 26.2 Å². The van der Waals surface area contributed by atoms with Gasteiger partial charge in [-0.15, -0.1) is 11.3 Å². The Balaban J connectivity index is 0.000000339. The molecule has 4 rings (SSSR count). The second kappa shape index (κ2) is 9.79. The second-order valence-electron chi connectivity index (χ2n) is 7.34. The number of nitrogens with zero attached hydrogens (tertiary/aromatic N) is 2. The number of carbonyl (C=O) groups excluding carboxylic acids is 1. The van der Waals surface area contributed by atoms with Crippen LogP contribution in [-0.4, -0.2) is 65.4 Å². The smallest absolute Gasteiger partial charge is 0.475 e. The summed E-state index contributed by atoms with van der Waals surface area (Å²) in [5.41, 5.74) is 3.03. The Kier molecular flexibility index (Phi) is 7.34. The van der Waals surface area contributed by atoms with Crippen molar-refractivity contribution in [1.82, 2.24) is 15.2 Å². The van der Waals surface area contributed by atoms with E-state index in [-0.39, 0.29) is 12.0 Å². The second-order valence-corrected chi connectivity index (χ2v) is 8.28. The Labute approximate surface area is 180 Å². The first-order chi connectivity index (χ1) is 14.6. The Morgan fingerprint density at radius 2 is 2.13 bits per heavy atom. The molecular formula is C19H22F3N3O5S. The number of hydrogen-bond donors (Lipinski definition) is 2. The van der Waals surface area contributed by atoms with Gasteiger partial charge in [0.05, 0.1) is 30.2 Å². The minimum Gasteiger partial charge on any atom is -0.475 e. The molecule has 2 N–H and O–H groups in total. The van der Waals surface area contributed by atoms with Crippen LogP contribution in [0.1, 0.15) is 21.1 Å². The fraction of sp³-hybridized carbons (Fsp3) is 0.526. The largest absolute Gasteiger partial charge is 0.490 e. The summed E-state index contributed by atoms with van der Waals surface area (Å²) in [7, 11) is 0. The summed E-state index contributed by atoms with van der Waals surface area (Å²) in [6.45, 7) is 6.34. The predicted octanol–water partition coefficient (Wildman–Crippen LogP) is 2.55. The predicted molar refractivity (Wildman–Crippen MR) is 104 cm³/mol. The third kappa shape index (κ3) is 6.05. The lowest BCUT2D eigenvalue weighted by atomic mass is 9.93. The van der Waals surface area contributed by atoms with Crippen molar-refractivity contribution in [3.8, 4) is 0 Å². The molecular weight excluding hydrogens is 439 g/mol. The highest BCUT2D eigenvalue weighted by molar-refractivity contribution is 7.09. The molecule has 0 radical (unpaired) electrons. The summed E-state index contributed by atoms with van der Waals surface area (Å²) in [4.78, 5) is 29.0. The van der Waals surface area contributed by atoms with E-state index in [1.165, 1.54) is 11.1 Å². The van der Waals surface area contributed by atoms with Crippen LogP contribution in [-0.2, 0) is 16.1 Å². The van der Waals surface area contributed by atoms with Crippen molar-refractivity contribution >= 4 is 23.2 Å². The molecule has 0 aromatic carbocycles. The first kappa shape index (κ1) is 23.2. The van der Waals surface area contributed by atoms with Crippen molar-refractivity contribution in [3.63, 3.8) is 0 Å². The zero-order chi connectivity index (χ0) is 22.6. The molecule has 2 aromatic heterocycles. The number of aromatic nitrogens is 1. The van der Waals surface area contributed by atoms with E-state index in [0.29, 0.717) is 24.1 Å². The van der Waals surface area contributed by atoms with Gasteiger partial charge in [-0.25, -0.2) is 9.78 Å². The summed E-state index contributed by atoms with van der Waals surface area (Å²) >= 11 is 1.72. The van der Waals surface area contributed by atoms with E-state index < -0.39 is 12.1 Å². The number of carboxylic acids is 1. The molecule has 2 saturated heterocycles. The zero-order valence-corrected chi connectivity index (χ0v) is 17.4. The van der Waals surface area contributed by atoms with Gasteiger partial charge in [-0.2, -0.15) is 13.2 Å². The molecule has 2 aliphatic heterocycles. The topological polar surface area (TPSA) is 105 Å². The number of carboxylic acid groups (broad SMARTS) is 1. The number of aliphatic carboxylic acids is 1. The number of furan rings is 1. The molecule has 2 aliphatic rings. The maximum atomic E-state index is 12.0. The summed E-state index contributed by atoms with van der Waals surface area (Å²) in [6, 6.07) is 3.40. The molecule has 4 heterocycles. The molecule has 2 fully saturated rings. The number of hydrogen-bond acceptors (Lipinski definition) is 7. The van der Waals surface area contributed by atoms with Crippen LogP contribution in [0.25, 0.3) is 0 Å². The molecule has 0 aliphatic carbocycles. The highest BCUT2D eigenvalue weighted by atomic mass is 32.1. The van der Waals surface area contributed by atoms with Crippen molar-refractivity contribution in [3.05, 3.63) is 40.2 Å². The van der Waals surface area contributed by atoms with E-state index in [9.17, 15) is 18.0 Å². The van der Waals surface area contributed by atoms with Crippen molar-refractivity contribution in [1.29, 1.82) is 0 Å². The first-order valence-corrected chi connectivity index (χ1v) is 10.4. The number of amides is 1. The fourth-order valence-corrected chi connectivity index (χ4v) is 4.44. The standard InChI is InChI=1S/C17H21N3O3S.C2HF3O2/c1-11-16(24-10-19-11)8-20-6-13-12(9-23-15(13)7-20)5-18-17(21)14-3-2-4-22-14;3-2(4,5)1(6)7/h2-4,10,12-13,15H,5-9H2,1H3,(H,18,21);(H,6,7)/t12-,13+,15+;/m0./s1. The monoisotopic (exact) mass is 461 g/mol. The first-order valence-electron chi connectivity index (χ1n) is 9.50. The number of halogens is 3. The van der Waals surface area contributed by atoms with Crippen LogP contribution < -0.4 is 5.32 Å². The van der Waals surface area contributed by atoms with Gasteiger partial charge in [0.15, 0.2) is 5.76 Å². The number of nitrogens with one attached hydrogen (secondary N) is 1. The Morgan fingerprint density at radius 1 is 1.39 bits per heavy atom. The molecule has 3 atom stereocenters. The van der Waals surface area contributed by atoms with Gasteiger partial charge in [-0.05, 0) is 19.1 Å². The third-order valence-corrected chi connectivity index (χ3v) is 6.16. The highest BCUT2D eigenvalue weighted by Crippen LogP contribution is 2.34. The molecule has 2 aromatic rings. The van der Waals surface area contributed by atoms with Gasteiger partial charge < -0.3 is 19.6 Å². The van der Waals surface area contributed by atoms with Crippen LogP contribution >= 0.6 is 11.3 Å². The van der Waals surface area contributed by atoms with Gasteiger partial charge in [0.2, 0.25) is 0 Å². The van der Waals surface area contributed by atoms with E-state index in [1.54, 1.807) is 23.5 Å². The number of likely N-dealkylation sites (tertiary alicyclic amines) is 1. The van der Waals surface area contributed by atoms with Gasteiger partial charge in [-0.1, -0.05) is 0 Å². The number of ether oxygens (including phenoxy) is 1. The van der Waals surface area contributed by atoms with Crippen LogP contribution in [0.4, 0.5) is 13.2 Å². The zero-order valence-electron chi connectivity index (χ0n) is 16.6. The van der Waals surface area contributed by atoms with E-state index in [4.69, 9.17) is 19.1 Å². The van der Waals surface area contributed by atoms with Gasteiger partial charge in [-0.3, -0.25) is 9.69 Å². The number of aryl methyl sites for hydroxylation is 1. The Hall–Kier alpha value is -2.44. The Bertz CT molecular complexity index is 887. The average Bonchev–Trinajstić information content (AvgIpc) is 3.46. The summed E-state index contributed by atoms with van der Waals surface area (Å²) < 4.78 is 42.8. The molecule has 12 heteroatoms. The van der Waals surface area contributed by atoms with Crippen LogP contribution in [0.5, 0.6) is 0 Å². The normalized spacial score (nSPS) is 23.2. The van der Waals surface area contributed by atoms with Crippen LogP contribution in [0.2, 0.25) is 0 Å². The molecule has 0 unspecified atom stereocenters. The van der Waals surface area contributed by atoms with Crippen LogP contribution in [0.15, 0.2) is 28.3 Å². The van der Waals surface area contributed by atoms with Gasteiger partial charge in [0, 0.05) is 42.9 Å². The number of thiazole rings is 1. The van der Waals surface area contributed by atoms with Crippen molar-refractivity contribution in [2.24, 2.45) is 11.8 Å². The number of fused-ring (bicyclic) bond motifs is 1. The molecule has 0 saturated carbocycles. The van der Waals surface area contributed by atoms with Gasteiger partial charge in [0.1, 0.15) is 0 Å². The van der Waals surface area contributed by atoms with Crippen molar-refractivity contribution in [2.45, 2.75) is 25.7 Å². The molecule has 0 bridgehead atoms. The quantitative estimate of drug-likeness (QED) is 0.705. The van der Waals surface area contributed by atoms with Crippen LogP contribution in [0, 0.1) is 18.8 Å². The maximum Gasteiger partial charge on any atom is 0.490 e. The fourth-order valence-electron chi connectivity index (χ4n) is 3.62. The van der Waals surface area contributed by atoms with E-state index >= 15 is 0 Å². The van der Waals surface area contributed by atoms with Crippen molar-refractivity contribution < 1.29 is 37.0 Å². The lowest BCUT2D eigenvalue weighted by Gasteiger charge is -2.19. The maximum absolute atomic E-state index is 12.0. The molecule has 8 nitrogen and oxygen atoms in total. The Morgan fingerprint density at radius 3 is 2.71 bits per heavy atom. The molecule has 170 valence electrons. The summed E-state index contributed by atoms with van der Waals surface area (Å²) in [5.74, 6) is -1.71. The minimum absolute atomic E-state index is 0.154. The third-order valence-electron chi connectivity index (χ3n) is 5.24. The van der Waals surface area contributed by atoms with E-state index in [0.717, 1.165) is 31.9 Å². The van der Waals surface area contributed by atoms with E-state index in [1.807, 2.05) is 5.51 Å². The van der Waals surface area contributed by atoms with Crippen LogP contribution in [0.3, 0.4) is 0 Å². The SMILES string of the molecule is Cc1ncsc1CN1C[C@@H]2[C@@H](CNC(=O)c3ccco3)CO[C@@H]2C1.O=C(O)C(F)(F)F. The lowest BCUT2D eigenvalue weighted by molar-refractivity contribution is -0.192. The molecule has 0 spiro atoms. The minimum atomic E-state index is -5.08. The lowest BCUT2D eigenvalue weighted by Crippen LogP contribution is -2.34. The molecule has 31 heavy (non-hydrogen) atoms. The molecule has 1 amide bonds. The highest BCUT2D eigenvalue weighted by Gasteiger charge is 2.43. The van der Waals surface area contributed by atoms with Gasteiger partial charge >= 0.3 is 12.1 Å². The van der Waals surface area contributed by atoms with Gasteiger partial charge in [0.25, 0.3) is 5.91 Å².